The van der Waals surface area contributed by atoms with Gasteiger partial charge in [-0.1, -0.05) is 26.8 Å². The van der Waals surface area contributed by atoms with Crippen molar-refractivity contribution in [2.45, 2.75) is 59.4 Å². The third kappa shape index (κ3) is 3.73. The first-order valence-electron chi connectivity index (χ1n) is 8.40. The lowest BCUT2D eigenvalue weighted by molar-refractivity contribution is 0.0526. The van der Waals surface area contributed by atoms with Crippen molar-refractivity contribution in [1.82, 2.24) is 0 Å². The van der Waals surface area contributed by atoms with Crippen LogP contribution in [0, 0.1) is 6.92 Å². The molecule has 0 aliphatic carbocycles. The number of rotatable bonds is 5. The van der Waals surface area contributed by atoms with Crippen LogP contribution in [0.15, 0.2) is 22.6 Å². The van der Waals surface area contributed by atoms with Crippen LogP contribution in [-0.2, 0) is 15.8 Å². The van der Waals surface area contributed by atoms with Crippen LogP contribution in [0.3, 0.4) is 0 Å². The van der Waals surface area contributed by atoms with Crippen LogP contribution in [0.5, 0.6) is 0 Å². The highest BCUT2D eigenvalue weighted by Crippen LogP contribution is 2.37. The Morgan fingerprint density at radius 2 is 1.92 bits per heavy atom. The Bertz CT molecular complexity index is 738. The first-order chi connectivity index (χ1) is 11.1. The number of esters is 1. The molecule has 0 fully saturated rings. The quantitative estimate of drug-likeness (QED) is 0.533. The van der Waals surface area contributed by atoms with Gasteiger partial charge < -0.3 is 13.6 Å². The number of carbonyl (C=O) groups excluding carboxylic acids is 1. The fraction of sp³-hybridized carbons (Fsp3) is 0.526. The second kappa shape index (κ2) is 6.73. The van der Waals surface area contributed by atoms with Crippen LogP contribution in [0.25, 0.3) is 11.0 Å². The summed E-state index contributed by atoms with van der Waals surface area (Å²) >= 11 is 0. The molecule has 0 aliphatic rings. The first-order valence-corrected chi connectivity index (χ1v) is 11.3. The lowest BCUT2D eigenvalue weighted by Gasteiger charge is -2.36. The van der Waals surface area contributed by atoms with E-state index in [0.29, 0.717) is 30.1 Å². The number of hydrogen-bond donors (Lipinski definition) is 0. The zero-order chi connectivity index (χ0) is 18.1. The monoisotopic (exact) mass is 348 g/mol. The van der Waals surface area contributed by atoms with Crippen molar-refractivity contribution in [3.63, 3.8) is 0 Å². The molecule has 0 bridgehead atoms. The van der Waals surface area contributed by atoms with Crippen LogP contribution >= 0.6 is 0 Å². The van der Waals surface area contributed by atoms with E-state index in [1.807, 2.05) is 18.2 Å². The zero-order valence-corrected chi connectivity index (χ0v) is 16.8. The molecule has 0 N–H and O–H groups in total. The van der Waals surface area contributed by atoms with E-state index < -0.39 is 8.32 Å². The summed E-state index contributed by atoms with van der Waals surface area (Å²) < 4.78 is 17.1. The van der Waals surface area contributed by atoms with Crippen molar-refractivity contribution in [3.05, 3.63) is 35.1 Å². The summed E-state index contributed by atoms with van der Waals surface area (Å²) in [6, 6.07) is 5.87. The van der Waals surface area contributed by atoms with Crippen LogP contribution in [0.4, 0.5) is 0 Å². The summed E-state index contributed by atoms with van der Waals surface area (Å²) in [6.45, 7) is 15.6. The maximum absolute atomic E-state index is 12.1. The topological polar surface area (TPSA) is 48.7 Å². The molecular formula is C19H28O4Si. The molecule has 0 unspecified atom stereocenters. The number of aryl methyl sites for hydroxylation is 1. The van der Waals surface area contributed by atoms with Gasteiger partial charge >= 0.3 is 5.97 Å². The van der Waals surface area contributed by atoms with E-state index in [1.54, 1.807) is 13.8 Å². The highest BCUT2D eigenvalue weighted by atomic mass is 28.4. The molecule has 0 saturated heterocycles. The first kappa shape index (κ1) is 18.7. The van der Waals surface area contributed by atoms with Crippen LogP contribution in [-0.4, -0.2) is 20.9 Å². The molecule has 5 heteroatoms. The predicted octanol–water partition coefficient (Wildman–Crippen LogP) is 5.44. The van der Waals surface area contributed by atoms with Gasteiger partial charge in [0, 0.05) is 5.39 Å². The van der Waals surface area contributed by atoms with Gasteiger partial charge in [0.15, 0.2) is 8.32 Å². The normalized spacial score (nSPS) is 12.6. The van der Waals surface area contributed by atoms with E-state index in [0.717, 1.165) is 10.9 Å². The third-order valence-corrected chi connectivity index (χ3v) is 9.29. The highest BCUT2D eigenvalue weighted by molar-refractivity contribution is 6.74. The summed E-state index contributed by atoms with van der Waals surface area (Å²) in [4.78, 5) is 12.1. The molecule has 1 heterocycles. The fourth-order valence-corrected chi connectivity index (χ4v) is 3.25. The number of hydrogen-bond acceptors (Lipinski definition) is 4. The SMILES string of the molecule is CCOC(=O)c1c(C)oc2cc(CO[Si](C)(C)C(C)(C)C)ccc12. The second-order valence-corrected chi connectivity index (χ2v) is 12.4. The highest BCUT2D eigenvalue weighted by Gasteiger charge is 2.37. The summed E-state index contributed by atoms with van der Waals surface area (Å²) in [6.07, 6.45) is 0. The maximum atomic E-state index is 12.1. The molecule has 2 aromatic rings. The second-order valence-electron chi connectivity index (χ2n) is 7.63. The van der Waals surface area contributed by atoms with Crippen molar-refractivity contribution in [3.8, 4) is 0 Å². The van der Waals surface area contributed by atoms with E-state index in [2.05, 4.69) is 33.9 Å². The fourth-order valence-electron chi connectivity index (χ4n) is 2.29. The predicted molar refractivity (Wildman–Crippen MR) is 98.9 cm³/mol. The van der Waals surface area contributed by atoms with E-state index in [4.69, 9.17) is 13.6 Å². The molecule has 0 spiro atoms. The summed E-state index contributed by atoms with van der Waals surface area (Å²) in [7, 11) is -1.79. The molecule has 0 radical (unpaired) electrons. The van der Waals surface area contributed by atoms with Gasteiger partial charge in [0.2, 0.25) is 0 Å². The van der Waals surface area contributed by atoms with Crippen molar-refractivity contribution in [2.75, 3.05) is 6.61 Å². The molecule has 2 rings (SSSR count). The van der Waals surface area contributed by atoms with E-state index in [1.165, 1.54) is 0 Å². The van der Waals surface area contributed by atoms with Gasteiger partial charge in [-0.25, -0.2) is 4.79 Å². The Balaban J connectivity index is 2.26. The van der Waals surface area contributed by atoms with Gasteiger partial charge in [-0.3, -0.25) is 0 Å². The average Bonchev–Trinajstić information content (AvgIpc) is 2.79. The van der Waals surface area contributed by atoms with Gasteiger partial charge in [-0.05, 0) is 49.7 Å². The molecule has 132 valence electrons. The van der Waals surface area contributed by atoms with Gasteiger partial charge in [-0.2, -0.15) is 0 Å². The molecule has 1 aromatic heterocycles. The van der Waals surface area contributed by atoms with E-state index in [9.17, 15) is 4.79 Å². The Hall–Kier alpha value is -1.59. The number of benzene rings is 1. The standard InChI is InChI=1S/C19H28O4Si/c1-8-21-18(20)17-13(2)23-16-11-14(9-10-15(16)17)12-22-24(6,7)19(3,4)5/h9-11H,8,12H2,1-7H3. The lowest BCUT2D eigenvalue weighted by Crippen LogP contribution is -2.40. The molecule has 1 aromatic carbocycles. The molecular weight excluding hydrogens is 320 g/mol. The Morgan fingerprint density at radius 1 is 1.25 bits per heavy atom. The number of carbonyl (C=O) groups is 1. The summed E-state index contributed by atoms with van der Waals surface area (Å²) in [5.74, 6) is 0.255. The minimum absolute atomic E-state index is 0.176. The zero-order valence-electron chi connectivity index (χ0n) is 15.8. The van der Waals surface area contributed by atoms with Crippen LogP contribution in [0.1, 0.15) is 49.4 Å². The molecule has 4 nitrogen and oxygen atoms in total. The van der Waals surface area contributed by atoms with Crippen molar-refractivity contribution < 1.29 is 18.4 Å². The molecule has 0 amide bonds. The van der Waals surface area contributed by atoms with Gasteiger partial charge in [0.1, 0.15) is 16.9 Å². The van der Waals surface area contributed by atoms with Crippen LogP contribution in [0.2, 0.25) is 18.1 Å². The Morgan fingerprint density at radius 3 is 2.50 bits per heavy atom. The summed E-state index contributed by atoms with van der Waals surface area (Å²) in [5.41, 5.74) is 2.27. The largest absolute Gasteiger partial charge is 0.462 e. The maximum Gasteiger partial charge on any atom is 0.342 e. The Labute approximate surface area is 145 Å². The smallest absolute Gasteiger partial charge is 0.342 e. The van der Waals surface area contributed by atoms with Gasteiger partial charge in [0.25, 0.3) is 0 Å². The van der Waals surface area contributed by atoms with Crippen molar-refractivity contribution >= 4 is 25.3 Å². The Kier molecular flexibility index (Phi) is 5.25. The molecule has 24 heavy (non-hydrogen) atoms. The molecule has 0 atom stereocenters. The van der Waals surface area contributed by atoms with Gasteiger partial charge in [-0.15, -0.1) is 0 Å². The minimum atomic E-state index is -1.79. The minimum Gasteiger partial charge on any atom is -0.462 e. The number of fused-ring (bicyclic) bond motifs is 1. The van der Waals surface area contributed by atoms with E-state index in [-0.39, 0.29) is 11.0 Å². The number of ether oxygens (including phenoxy) is 1. The molecule has 0 aliphatic heterocycles. The molecule has 0 saturated carbocycles. The summed E-state index contributed by atoms with van der Waals surface area (Å²) in [5, 5.41) is 0.970. The third-order valence-electron chi connectivity index (χ3n) is 4.82. The van der Waals surface area contributed by atoms with E-state index >= 15 is 0 Å². The van der Waals surface area contributed by atoms with Crippen LogP contribution < -0.4 is 0 Å². The van der Waals surface area contributed by atoms with Gasteiger partial charge in [0.05, 0.1) is 13.2 Å². The average molecular weight is 349 g/mol. The number of furan rings is 1. The van der Waals surface area contributed by atoms with Crippen molar-refractivity contribution in [1.29, 1.82) is 0 Å². The lowest BCUT2D eigenvalue weighted by atomic mass is 10.1. The van der Waals surface area contributed by atoms with Crippen molar-refractivity contribution in [2.24, 2.45) is 0 Å².